The lowest BCUT2D eigenvalue weighted by atomic mass is 10.2. The quantitative estimate of drug-likeness (QED) is 0.719. The first-order chi connectivity index (χ1) is 6.79. The first-order valence-electron chi connectivity index (χ1n) is 4.59. The van der Waals surface area contributed by atoms with Gasteiger partial charge >= 0.3 is 6.03 Å². The highest BCUT2D eigenvalue weighted by atomic mass is 16.2. The van der Waals surface area contributed by atoms with Gasteiger partial charge in [0.2, 0.25) is 0 Å². The van der Waals surface area contributed by atoms with E-state index < -0.39 is 0 Å². The normalized spacial score (nSPS) is 16.2. The fourth-order valence-corrected chi connectivity index (χ4v) is 1.51. The van der Waals surface area contributed by atoms with E-state index in [1.165, 1.54) is 0 Å². The van der Waals surface area contributed by atoms with Crippen molar-refractivity contribution >= 4 is 11.7 Å². The number of rotatable bonds is 1. The summed E-state index contributed by atoms with van der Waals surface area (Å²) in [5.41, 5.74) is 1.87. The van der Waals surface area contributed by atoms with Crippen LogP contribution in [0.25, 0.3) is 0 Å². The Bertz CT molecular complexity index is 370. The largest absolute Gasteiger partial charge is 0.334 e. The van der Waals surface area contributed by atoms with E-state index in [0.29, 0.717) is 6.54 Å². The Morgan fingerprint density at radius 1 is 1.29 bits per heavy atom. The molecule has 0 unspecified atom stereocenters. The molecule has 0 bridgehead atoms. The van der Waals surface area contributed by atoms with Gasteiger partial charge in [0.25, 0.3) is 0 Å². The molecule has 0 radical (unpaired) electrons. The fourth-order valence-electron chi connectivity index (χ4n) is 1.51. The number of carbonyl (C=O) groups is 1. The van der Waals surface area contributed by atoms with E-state index in [9.17, 15) is 4.79 Å². The molecule has 1 aliphatic rings. The molecular formula is C11H12N2O. The molecule has 0 aliphatic carbocycles. The van der Waals surface area contributed by atoms with Crippen molar-refractivity contribution in [2.45, 2.75) is 6.92 Å². The van der Waals surface area contributed by atoms with E-state index in [1.807, 2.05) is 43.3 Å². The topological polar surface area (TPSA) is 32.3 Å². The molecule has 0 saturated heterocycles. The van der Waals surface area contributed by atoms with Gasteiger partial charge in [0.1, 0.15) is 0 Å². The smallest absolute Gasteiger partial charge is 0.326 e. The Morgan fingerprint density at radius 3 is 2.64 bits per heavy atom. The van der Waals surface area contributed by atoms with Gasteiger partial charge in [-0.25, -0.2) is 4.79 Å². The maximum absolute atomic E-state index is 11.6. The molecule has 2 amide bonds. The van der Waals surface area contributed by atoms with Crippen molar-refractivity contribution in [2.75, 3.05) is 11.4 Å². The van der Waals surface area contributed by atoms with Crippen molar-refractivity contribution in [1.29, 1.82) is 0 Å². The van der Waals surface area contributed by atoms with Crippen LogP contribution in [0.15, 0.2) is 42.1 Å². The van der Waals surface area contributed by atoms with Crippen LogP contribution in [-0.4, -0.2) is 12.6 Å². The Hall–Kier alpha value is -1.77. The summed E-state index contributed by atoms with van der Waals surface area (Å²) in [6, 6.07) is 9.56. The number of amides is 2. The molecule has 0 fully saturated rings. The van der Waals surface area contributed by atoms with Gasteiger partial charge in [0.05, 0.1) is 5.69 Å². The van der Waals surface area contributed by atoms with Gasteiger partial charge in [-0.3, -0.25) is 4.90 Å². The fraction of sp³-hybridized carbons (Fsp3) is 0.182. The zero-order chi connectivity index (χ0) is 9.97. The lowest BCUT2D eigenvalue weighted by Crippen LogP contribution is -2.42. The Labute approximate surface area is 83.0 Å². The number of benzene rings is 1. The number of hydrogen-bond donors (Lipinski definition) is 1. The minimum atomic E-state index is -0.0591. The maximum Gasteiger partial charge on any atom is 0.326 e. The van der Waals surface area contributed by atoms with Crippen molar-refractivity contribution in [3.63, 3.8) is 0 Å². The van der Waals surface area contributed by atoms with Crippen molar-refractivity contribution in [3.8, 4) is 0 Å². The van der Waals surface area contributed by atoms with Crippen molar-refractivity contribution in [2.24, 2.45) is 0 Å². The Balaban J connectivity index is 2.37. The summed E-state index contributed by atoms with van der Waals surface area (Å²) in [6.07, 6.45) is 1.99. The lowest BCUT2D eigenvalue weighted by molar-refractivity contribution is 0.247. The Morgan fingerprint density at radius 2 is 2.00 bits per heavy atom. The molecule has 0 saturated carbocycles. The molecule has 1 aromatic rings. The maximum atomic E-state index is 11.6. The number of para-hydroxylation sites is 1. The van der Waals surface area contributed by atoms with Crippen molar-refractivity contribution < 1.29 is 4.79 Å². The second kappa shape index (κ2) is 3.54. The van der Waals surface area contributed by atoms with Gasteiger partial charge in [-0.2, -0.15) is 0 Å². The van der Waals surface area contributed by atoms with Gasteiger partial charge in [-0.15, -0.1) is 0 Å². The number of anilines is 1. The van der Waals surface area contributed by atoms with Crippen LogP contribution in [0.1, 0.15) is 6.92 Å². The zero-order valence-corrected chi connectivity index (χ0v) is 8.03. The predicted octanol–water partition coefficient (Wildman–Crippen LogP) is 2.12. The second-order valence-electron chi connectivity index (χ2n) is 3.20. The van der Waals surface area contributed by atoms with Gasteiger partial charge in [0, 0.05) is 12.2 Å². The summed E-state index contributed by atoms with van der Waals surface area (Å²) >= 11 is 0. The van der Waals surface area contributed by atoms with E-state index in [2.05, 4.69) is 5.32 Å². The SMILES string of the molecule is CC1=CCNC(=O)N1c1ccccc1. The molecule has 1 aromatic carbocycles. The minimum Gasteiger partial charge on any atom is -0.334 e. The highest BCUT2D eigenvalue weighted by Crippen LogP contribution is 2.19. The van der Waals surface area contributed by atoms with Crippen LogP contribution < -0.4 is 10.2 Å². The minimum absolute atomic E-state index is 0.0591. The molecule has 0 aromatic heterocycles. The Kier molecular flexibility index (Phi) is 2.23. The highest BCUT2D eigenvalue weighted by Gasteiger charge is 2.19. The van der Waals surface area contributed by atoms with Crippen LogP contribution in [0, 0.1) is 0 Å². The van der Waals surface area contributed by atoms with Crippen LogP contribution in [-0.2, 0) is 0 Å². The summed E-state index contributed by atoms with van der Waals surface area (Å²) < 4.78 is 0. The first-order valence-corrected chi connectivity index (χ1v) is 4.59. The molecule has 14 heavy (non-hydrogen) atoms. The molecule has 3 nitrogen and oxygen atoms in total. The second-order valence-corrected chi connectivity index (χ2v) is 3.20. The molecule has 1 heterocycles. The summed E-state index contributed by atoms with van der Waals surface area (Å²) in [6.45, 7) is 2.56. The lowest BCUT2D eigenvalue weighted by Gasteiger charge is -2.27. The molecule has 3 heteroatoms. The van der Waals surface area contributed by atoms with Crippen LogP contribution in [0.4, 0.5) is 10.5 Å². The zero-order valence-electron chi connectivity index (χ0n) is 8.03. The number of allylic oxidation sites excluding steroid dienone is 1. The van der Waals surface area contributed by atoms with Gasteiger partial charge in [-0.05, 0) is 25.1 Å². The highest BCUT2D eigenvalue weighted by molar-refractivity contribution is 5.96. The summed E-state index contributed by atoms with van der Waals surface area (Å²) in [7, 11) is 0. The summed E-state index contributed by atoms with van der Waals surface area (Å²) in [5, 5.41) is 2.77. The molecule has 2 rings (SSSR count). The third-order valence-corrected chi connectivity index (χ3v) is 2.22. The number of nitrogens with zero attached hydrogens (tertiary/aromatic N) is 1. The molecule has 1 aliphatic heterocycles. The van der Waals surface area contributed by atoms with Crippen LogP contribution in [0.2, 0.25) is 0 Å². The van der Waals surface area contributed by atoms with Crippen LogP contribution in [0.3, 0.4) is 0 Å². The average molecular weight is 188 g/mol. The predicted molar refractivity (Wildman–Crippen MR) is 56.1 cm³/mol. The number of nitrogens with one attached hydrogen (secondary N) is 1. The summed E-state index contributed by atoms with van der Waals surface area (Å²) in [4.78, 5) is 13.2. The van der Waals surface area contributed by atoms with Crippen LogP contribution in [0.5, 0.6) is 0 Å². The van der Waals surface area contributed by atoms with E-state index in [-0.39, 0.29) is 6.03 Å². The van der Waals surface area contributed by atoms with E-state index >= 15 is 0 Å². The number of carbonyl (C=O) groups excluding carboxylic acids is 1. The molecule has 72 valence electrons. The van der Waals surface area contributed by atoms with E-state index in [0.717, 1.165) is 11.4 Å². The molecular weight excluding hydrogens is 176 g/mol. The first kappa shape index (κ1) is 8.81. The monoisotopic (exact) mass is 188 g/mol. The van der Waals surface area contributed by atoms with E-state index in [1.54, 1.807) is 4.90 Å². The van der Waals surface area contributed by atoms with Gasteiger partial charge < -0.3 is 5.32 Å². The van der Waals surface area contributed by atoms with Crippen molar-refractivity contribution in [1.82, 2.24) is 5.32 Å². The molecule has 0 atom stereocenters. The third kappa shape index (κ3) is 1.48. The van der Waals surface area contributed by atoms with Crippen molar-refractivity contribution in [3.05, 3.63) is 42.1 Å². The van der Waals surface area contributed by atoms with Gasteiger partial charge in [-0.1, -0.05) is 18.2 Å². The number of urea groups is 1. The number of hydrogen-bond acceptors (Lipinski definition) is 1. The molecule has 1 N–H and O–H groups in total. The van der Waals surface area contributed by atoms with Gasteiger partial charge in [0.15, 0.2) is 0 Å². The van der Waals surface area contributed by atoms with Crippen LogP contribution >= 0.6 is 0 Å². The van der Waals surface area contributed by atoms with E-state index in [4.69, 9.17) is 0 Å². The standard InChI is InChI=1S/C11H12N2O/c1-9-7-8-12-11(14)13(9)10-5-3-2-4-6-10/h2-7H,8H2,1H3,(H,12,14). The third-order valence-electron chi connectivity index (χ3n) is 2.22. The summed E-state index contributed by atoms with van der Waals surface area (Å²) in [5.74, 6) is 0. The average Bonchev–Trinajstić information content (AvgIpc) is 2.19. The molecule has 0 spiro atoms.